The Kier molecular flexibility index (Phi) is 4.17. The van der Waals surface area contributed by atoms with E-state index in [9.17, 15) is 9.59 Å². The van der Waals surface area contributed by atoms with Crippen molar-refractivity contribution >= 4 is 11.8 Å². The number of amides is 2. The molecule has 130 valence electrons. The van der Waals surface area contributed by atoms with Gasteiger partial charge in [-0.1, -0.05) is 18.2 Å². The average molecular weight is 340 g/mol. The van der Waals surface area contributed by atoms with Crippen molar-refractivity contribution < 1.29 is 18.7 Å². The Labute approximate surface area is 146 Å². The van der Waals surface area contributed by atoms with Crippen molar-refractivity contribution in [2.45, 2.75) is 12.3 Å². The number of carbonyl (C=O) groups is 2. The molecule has 1 saturated heterocycles. The van der Waals surface area contributed by atoms with Crippen LogP contribution in [0.25, 0.3) is 0 Å². The molecule has 6 heteroatoms. The third kappa shape index (κ3) is 3.12. The zero-order chi connectivity index (χ0) is 17.2. The first-order chi connectivity index (χ1) is 12.2. The van der Waals surface area contributed by atoms with Crippen molar-refractivity contribution in [2.24, 2.45) is 0 Å². The molecule has 0 N–H and O–H groups in total. The number of hydrogen-bond acceptors (Lipinski definition) is 4. The van der Waals surface area contributed by atoms with Crippen LogP contribution in [0.4, 0.5) is 0 Å². The van der Waals surface area contributed by atoms with Crippen molar-refractivity contribution in [3.63, 3.8) is 0 Å². The van der Waals surface area contributed by atoms with Gasteiger partial charge in [-0.15, -0.1) is 0 Å². The minimum absolute atomic E-state index is 0.116. The average Bonchev–Trinajstić information content (AvgIpc) is 3.32. The second kappa shape index (κ2) is 6.63. The number of rotatable bonds is 3. The lowest BCUT2D eigenvalue weighted by atomic mass is 9.97. The number of piperazine rings is 1. The van der Waals surface area contributed by atoms with Crippen molar-refractivity contribution in [3.05, 3.63) is 54.0 Å². The Balaban J connectivity index is 1.32. The van der Waals surface area contributed by atoms with Gasteiger partial charge in [-0.3, -0.25) is 9.59 Å². The molecule has 1 unspecified atom stereocenters. The lowest BCUT2D eigenvalue weighted by molar-refractivity contribution is -0.133. The maximum Gasteiger partial charge on any atom is 0.289 e. The number of fused-ring (bicyclic) bond motifs is 1. The Bertz CT molecular complexity index is 763. The van der Waals surface area contributed by atoms with E-state index in [1.54, 1.807) is 17.0 Å². The fraction of sp³-hybridized carbons (Fsp3) is 0.368. The van der Waals surface area contributed by atoms with Crippen LogP contribution >= 0.6 is 0 Å². The normalized spacial score (nSPS) is 19.4. The molecule has 0 bridgehead atoms. The van der Waals surface area contributed by atoms with E-state index in [0.717, 1.165) is 11.3 Å². The highest BCUT2D eigenvalue weighted by Crippen LogP contribution is 2.35. The summed E-state index contributed by atoms with van der Waals surface area (Å²) >= 11 is 0. The molecule has 2 amide bonds. The van der Waals surface area contributed by atoms with E-state index in [1.165, 1.54) is 6.26 Å². The van der Waals surface area contributed by atoms with E-state index in [1.807, 2.05) is 29.2 Å². The highest BCUT2D eigenvalue weighted by Gasteiger charge is 2.30. The highest BCUT2D eigenvalue weighted by atomic mass is 16.5. The van der Waals surface area contributed by atoms with Crippen LogP contribution in [-0.2, 0) is 4.79 Å². The van der Waals surface area contributed by atoms with Crippen molar-refractivity contribution in [2.75, 3.05) is 32.8 Å². The third-order valence-corrected chi connectivity index (χ3v) is 4.87. The maximum absolute atomic E-state index is 12.6. The summed E-state index contributed by atoms with van der Waals surface area (Å²) in [5.41, 5.74) is 1.11. The minimum atomic E-state index is -0.116. The van der Waals surface area contributed by atoms with Gasteiger partial charge in [-0.25, -0.2) is 0 Å². The van der Waals surface area contributed by atoms with Crippen LogP contribution < -0.4 is 4.74 Å². The van der Waals surface area contributed by atoms with Gasteiger partial charge in [-0.05, 0) is 18.2 Å². The number of ether oxygens (including phenoxy) is 1. The van der Waals surface area contributed by atoms with E-state index in [0.29, 0.717) is 45.0 Å². The number of hydrogen-bond donors (Lipinski definition) is 0. The van der Waals surface area contributed by atoms with Gasteiger partial charge >= 0.3 is 0 Å². The van der Waals surface area contributed by atoms with Crippen LogP contribution in [0.3, 0.4) is 0 Å². The summed E-state index contributed by atoms with van der Waals surface area (Å²) < 4.78 is 10.8. The second-order valence-corrected chi connectivity index (χ2v) is 6.40. The lowest BCUT2D eigenvalue weighted by Crippen LogP contribution is -2.50. The molecule has 1 atom stereocenters. The fourth-order valence-electron chi connectivity index (χ4n) is 3.45. The number of benzene rings is 1. The molecular weight excluding hydrogens is 320 g/mol. The van der Waals surface area contributed by atoms with E-state index in [-0.39, 0.29) is 17.7 Å². The molecule has 1 aromatic carbocycles. The summed E-state index contributed by atoms with van der Waals surface area (Å²) in [7, 11) is 0. The lowest BCUT2D eigenvalue weighted by Gasteiger charge is -2.34. The predicted octanol–water partition coefficient (Wildman–Crippen LogP) is 2.13. The summed E-state index contributed by atoms with van der Waals surface area (Å²) in [5.74, 6) is 1.35. The van der Waals surface area contributed by atoms with Crippen molar-refractivity contribution in [3.8, 4) is 5.75 Å². The first-order valence-electron chi connectivity index (χ1n) is 8.54. The standard InChI is InChI=1S/C19H20N2O4/c22-18(12-14-13-25-16-5-2-1-4-15(14)16)20-7-9-21(10-8-20)19(23)17-6-3-11-24-17/h1-6,11,14H,7-10,12-13H2. The van der Waals surface area contributed by atoms with Crippen LogP contribution in [0.2, 0.25) is 0 Å². The first-order valence-corrected chi connectivity index (χ1v) is 8.54. The largest absolute Gasteiger partial charge is 0.493 e. The zero-order valence-corrected chi connectivity index (χ0v) is 13.9. The molecular formula is C19H20N2O4. The van der Waals surface area contributed by atoms with Gasteiger partial charge in [-0.2, -0.15) is 0 Å². The summed E-state index contributed by atoms with van der Waals surface area (Å²) in [5, 5.41) is 0. The van der Waals surface area contributed by atoms with Crippen molar-refractivity contribution in [1.29, 1.82) is 0 Å². The van der Waals surface area contributed by atoms with E-state index < -0.39 is 0 Å². The van der Waals surface area contributed by atoms with Gasteiger partial charge in [0.05, 0.1) is 12.9 Å². The molecule has 1 fully saturated rings. The number of carbonyl (C=O) groups excluding carboxylic acids is 2. The Hall–Kier alpha value is -2.76. The molecule has 4 rings (SSSR count). The summed E-state index contributed by atoms with van der Waals surface area (Å²) in [6.45, 7) is 2.73. The van der Waals surface area contributed by atoms with Gasteiger partial charge in [0.2, 0.25) is 5.91 Å². The molecule has 0 saturated carbocycles. The monoisotopic (exact) mass is 340 g/mol. The Morgan fingerprint density at radius 3 is 2.52 bits per heavy atom. The summed E-state index contributed by atoms with van der Waals surface area (Å²) in [6.07, 6.45) is 1.94. The SMILES string of the molecule is O=C(CC1COc2ccccc21)N1CCN(C(=O)c2ccco2)CC1. The minimum Gasteiger partial charge on any atom is -0.493 e. The van der Waals surface area contributed by atoms with E-state index in [2.05, 4.69) is 0 Å². The molecule has 0 aliphatic carbocycles. The topological polar surface area (TPSA) is 63.0 Å². The predicted molar refractivity (Wildman–Crippen MR) is 90.5 cm³/mol. The van der Waals surface area contributed by atoms with Crippen LogP contribution in [0.15, 0.2) is 47.1 Å². The molecule has 0 spiro atoms. The third-order valence-electron chi connectivity index (χ3n) is 4.87. The van der Waals surface area contributed by atoms with Crippen LogP contribution in [-0.4, -0.2) is 54.4 Å². The number of furan rings is 1. The molecule has 2 aliphatic heterocycles. The van der Waals surface area contributed by atoms with Gasteiger partial charge < -0.3 is 19.0 Å². The zero-order valence-electron chi connectivity index (χ0n) is 13.9. The molecule has 2 aromatic rings. The number of para-hydroxylation sites is 1. The molecule has 6 nitrogen and oxygen atoms in total. The highest BCUT2D eigenvalue weighted by molar-refractivity contribution is 5.91. The van der Waals surface area contributed by atoms with Gasteiger partial charge in [0.25, 0.3) is 5.91 Å². The van der Waals surface area contributed by atoms with Gasteiger partial charge in [0.1, 0.15) is 5.75 Å². The van der Waals surface area contributed by atoms with Gasteiger partial charge in [0, 0.05) is 44.1 Å². The van der Waals surface area contributed by atoms with E-state index >= 15 is 0 Å². The van der Waals surface area contributed by atoms with Gasteiger partial charge in [0.15, 0.2) is 5.76 Å². The van der Waals surface area contributed by atoms with Crippen LogP contribution in [0.5, 0.6) is 5.75 Å². The number of nitrogens with zero attached hydrogens (tertiary/aromatic N) is 2. The molecule has 2 aliphatic rings. The summed E-state index contributed by atoms with van der Waals surface area (Å²) in [6, 6.07) is 11.3. The molecule has 0 radical (unpaired) electrons. The fourth-order valence-corrected chi connectivity index (χ4v) is 3.45. The van der Waals surface area contributed by atoms with Crippen LogP contribution in [0, 0.1) is 0 Å². The first kappa shape index (κ1) is 15.7. The Morgan fingerprint density at radius 2 is 1.76 bits per heavy atom. The Morgan fingerprint density at radius 1 is 1.00 bits per heavy atom. The molecule has 3 heterocycles. The summed E-state index contributed by atoms with van der Waals surface area (Å²) in [4.78, 5) is 28.5. The quantitative estimate of drug-likeness (QED) is 0.859. The second-order valence-electron chi connectivity index (χ2n) is 6.40. The maximum atomic E-state index is 12.6. The van der Waals surface area contributed by atoms with Crippen LogP contribution in [0.1, 0.15) is 28.5 Å². The molecule has 1 aromatic heterocycles. The van der Waals surface area contributed by atoms with Crippen molar-refractivity contribution in [1.82, 2.24) is 9.80 Å². The smallest absolute Gasteiger partial charge is 0.289 e. The molecule has 25 heavy (non-hydrogen) atoms. The van der Waals surface area contributed by atoms with E-state index in [4.69, 9.17) is 9.15 Å².